The highest BCUT2D eigenvalue weighted by atomic mass is 16.1. The summed E-state index contributed by atoms with van der Waals surface area (Å²) in [6.45, 7) is 2.82. The summed E-state index contributed by atoms with van der Waals surface area (Å²) in [7, 11) is 0. The average Bonchev–Trinajstić information content (AvgIpc) is 2.80. The molecular weight excluding hydrogens is 216 g/mol. The van der Waals surface area contributed by atoms with E-state index in [1.165, 1.54) is 17.4 Å². The number of rotatable bonds is 1. The molecule has 17 heavy (non-hydrogen) atoms. The van der Waals surface area contributed by atoms with Crippen LogP contribution in [0.2, 0.25) is 0 Å². The van der Waals surface area contributed by atoms with Gasteiger partial charge in [0, 0.05) is 23.9 Å². The van der Waals surface area contributed by atoms with E-state index in [2.05, 4.69) is 15.4 Å². The van der Waals surface area contributed by atoms with Gasteiger partial charge in [-0.05, 0) is 26.3 Å². The summed E-state index contributed by atoms with van der Waals surface area (Å²) in [6, 6.07) is 2.29. The normalized spacial score (nSPS) is 20.9. The van der Waals surface area contributed by atoms with Crippen molar-refractivity contribution in [1.29, 1.82) is 0 Å². The van der Waals surface area contributed by atoms with Crippen molar-refractivity contribution in [3.05, 3.63) is 33.9 Å². The minimum absolute atomic E-state index is 0.0166. The van der Waals surface area contributed by atoms with Gasteiger partial charge in [0.25, 0.3) is 5.56 Å². The number of hydrogen-bond donors (Lipinski definition) is 2. The van der Waals surface area contributed by atoms with E-state index in [4.69, 9.17) is 0 Å². The van der Waals surface area contributed by atoms with Crippen molar-refractivity contribution < 1.29 is 0 Å². The third-order valence-electron chi connectivity index (χ3n) is 3.37. The van der Waals surface area contributed by atoms with Gasteiger partial charge in [-0.3, -0.25) is 9.89 Å². The second-order valence-electron chi connectivity index (χ2n) is 4.65. The standard InChI is InChI=1S/C12H16N4O/c1-8-7-14-11-6-10(15-16(11)12(8)17)9-4-2-3-5-13-9/h6-7,9,13,15H,2-5H2,1H3. The van der Waals surface area contributed by atoms with Crippen molar-refractivity contribution in [3.8, 4) is 0 Å². The number of nitrogens with one attached hydrogen (secondary N) is 2. The summed E-state index contributed by atoms with van der Waals surface area (Å²) >= 11 is 0. The van der Waals surface area contributed by atoms with E-state index in [0.29, 0.717) is 17.3 Å². The number of nitrogens with zero attached hydrogens (tertiary/aromatic N) is 2. The predicted molar refractivity (Wildman–Crippen MR) is 65.1 cm³/mol. The van der Waals surface area contributed by atoms with Crippen LogP contribution < -0.4 is 10.9 Å². The second-order valence-corrected chi connectivity index (χ2v) is 4.65. The molecule has 1 fully saturated rings. The molecule has 0 amide bonds. The third-order valence-corrected chi connectivity index (χ3v) is 3.37. The summed E-state index contributed by atoms with van der Waals surface area (Å²) < 4.78 is 1.53. The number of piperidine rings is 1. The molecule has 2 aromatic heterocycles. The van der Waals surface area contributed by atoms with Crippen LogP contribution in [-0.2, 0) is 0 Å². The molecule has 1 aliphatic rings. The Labute approximate surface area is 98.9 Å². The van der Waals surface area contributed by atoms with Crippen molar-refractivity contribution >= 4 is 5.65 Å². The monoisotopic (exact) mass is 232 g/mol. The van der Waals surface area contributed by atoms with Crippen molar-refractivity contribution in [2.75, 3.05) is 6.54 Å². The van der Waals surface area contributed by atoms with Crippen LogP contribution in [0, 0.1) is 6.92 Å². The zero-order valence-corrected chi connectivity index (χ0v) is 9.86. The summed E-state index contributed by atoms with van der Waals surface area (Å²) in [6.07, 6.45) is 5.20. The first-order valence-electron chi connectivity index (χ1n) is 6.06. The minimum Gasteiger partial charge on any atom is -0.309 e. The van der Waals surface area contributed by atoms with Crippen molar-refractivity contribution in [1.82, 2.24) is 19.9 Å². The van der Waals surface area contributed by atoms with Crippen LogP contribution in [0.1, 0.15) is 36.6 Å². The number of fused-ring (bicyclic) bond motifs is 1. The topological polar surface area (TPSA) is 62.2 Å². The van der Waals surface area contributed by atoms with Crippen LogP contribution in [0.5, 0.6) is 0 Å². The Hall–Kier alpha value is -1.62. The van der Waals surface area contributed by atoms with Gasteiger partial charge < -0.3 is 5.32 Å². The van der Waals surface area contributed by atoms with E-state index < -0.39 is 0 Å². The van der Waals surface area contributed by atoms with Crippen LogP contribution >= 0.6 is 0 Å². The second kappa shape index (κ2) is 4.00. The zero-order valence-electron chi connectivity index (χ0n) is 9.86. The highest BCUT2D eigenvalue weighted by Crippen LogP contribution is 2.21. The molecule has 0 aromatic carbocycles. The van der Waals surface area contributed by atoms with Crippen molar-refractivity contribution in [2.45, 2.75) is 32.2 Å². The van der Waals surface area contributed by atoms with E-state index in [1.54, 1.807) is 13.1 Å². The molecule has 1 unspecified atom stereocenters. The fourth-order valence-electron chi connectivity index (χ4n) is 2.36. The number of aromatic nitrogens is 3. The Morgan fingerprint density at radius 2 is 2.35 bits per heavy atom. The van der Waals surface area contributed by atoms with E-state index in [0.717, 1.165) is 18.7 Å². The molecule has 2 N–H and O–H groups in total. The summed E-state index contributed by atoms with van der Waals surface area (Å²) in [5.74, 6) is 0. The van der Waals surface area contributed by atoms with Crippen LogP contribution in [0.3, 0.4) is 0 Å². The van der Waals surface area contributed by atoms with Crippen LogP contribution in [0.4, 0.5) is 0 Å². The summed E-state index contributed by atoms with van der Waals surface area (Å²) in [4.78, 5) is 16.2. The maximum absolute atomic E-state index is 11.9. The number of aromatic amines is 1. The number of aryl methyl sites for hydroxylation is 1. The average molecular weight is 232 g/mol. The Kier molecular flexibility index (Phi) is 2.48. The largest absolute Gasteiger partial charge is 0.309 e. The lowest BCUT2D eigenvalue weighted by Crippen LogP contribution is -2.27. The van der Waals surface area contributed by atoms with Gasteiger partial charge in [0.1, 0.15) is 0 Å². The van der Waals surface area contributed by atoms with Crippen LogP contribution in [0.15, 0.2) is 17.1 Å². The number of hydrogen-bond acceptors (Lipinski definition) is 3. The molecule has 0 spiro atoms. The molecule has 0 aliphatic carbocycles. The van der Waals surface area contributed by atoms with Crippen LogP contribution in [-0.4, -0.2) is 21.1 Å². The Morgan fingerprint density at radius 3 is 3.12 bits per heavy atom. The van der Waals surface area contributed by atoms with Crippen molar-refractivity contribution in [3.63, 3.8) is 0 Å². The molecule has 3 rings (SSSR count). The highest BCUT2D eigenvalue weighted by molar-refractivity contribution is 5.40. The minimum atomic E-state index is -0.0166. The maximum Gasteiger partial charge on any atom is 0.275 e. The lowest BCUT2D eigenvalue weighted by molar-refractivity contribution is 0.404. The van der Waals surface area contributed by atoms with Gasteiger partial charge in [0.15, 0.2) is 5.65 Å². The van der Waals surface area contributed by atoms with E-state index in [1.807, 2.05) is 6.07 Å². The van der Waals surface area contributed by atoms with E-state index in [-0.39, 0.29) is 5.56 Å². The third kappa shape index (κ3) is 1.76. The summed E-state index contributed by atoms with van der Waals surface area (Å²) in [5, 5.41) is 6.61. The van der Waals surface area contributed by atoms with Gasteiger partial charge >= 0.3 is 0 Å². The fourth-order valence-corrected chi connectivity index (χ4v) is 2.36. The van der Waals surface area contributed by atoms with Gasteiger partial charge in [0.05, 0.1) is 5.69 Å². The lowest BCUT2D eigenvalue weighted by Gasteiger charge is -2.21. The number of H-pyrrole nitrogens is 1. The lowest BCUT2D eigenvalue weighted by atomic mass is 10.0. The first-order chi connectivity index (χ1) is 8.25. The molecule has 0 radical (unpaired) electrons. The fraction of sp³-hybridized carbons (Fsp3) is 0.500. The van der Waals surface area contributed by atoms with E-state index in [9.17, 15) is 4.79 Å². The van der Waals surface area contributed by atoms with E-state index >= 15 is 0 Å². The summed E-state index contributed by atoms with van der Waals surface area (Å²) in [5.41, 5.74) is 2.40. The first-order valence-corrected chi connectivity index (χ1v) is 6.06. The van der Waals surface area contributed by atoms with Gasteiger partial charge in [-0.25, -0.2) is 9.50 Å². The molecule has 3 heterocycles. The molecule has 0 bridgehead atoms. The molecule has 1 saturated heterocycles. The van der Waals surface area contributed by atoms with Crippen LogP contribution in [0.25, 0.3) is 5.65 Å². The molecule has 90 valence electrons. The molecule has 1 atom stereocenters. The molecule has 1 aliphatic heterocycles. The van der Waals surface area contributed by atoms with Gasteiger partial charge in [-0.1, -0.05) is 6.42 Å². The SMILES string of the molecule is Cc1cnc2cc(C3CCCCN3)[nH]n2c1=O. The molecular formula is C12H16N4O. The Bertz CT molecular complexity index is 592. The Morgan fingerprint density at radius 1 is 1.47 bits per heavy atom. The Balaban J connectivity index is 2.07. The predicted octanol–water partition coefficient (Wildman–Crippen LogP) is 1.15. The highest BCUT2D eigenvalue weighted by Gasteiger charge is 2.17. The zero-order chi connectivity index (χ0) is 11.8. The quantitative estimate of drug-likeness (QED) is 0.775. The van der Waals surface area contributed by atoms with Gasteiger partial charge in [0.2, 0.25) is 0 Å². The molecule has 2 aromatic rings. The maximum atomic E-state index is 11.9. The molecule has 5 nitrogen and oxygen atoms in total. The van der Waals surface area contributed by atoms with Gasteiger partial charge in [-0.2, -0.15) is 0 Å². The molecule has 5 heteroatoms. The first kappa shape index (κ1) is 10.5. The smallest absolute Gasteiger partial charge is 0.275 e. The molecule has 0 saturated carbocycles. The van der Waals surface area contributed by atoms with Crippen molar-refractivity contribution in [2.24, 2.45) is 0 Å². The van der Waals surface area contributed by atoms with Gasteiger partial charge in [-0.15, -0.1) is 0 Å².